The molecule has 39 heavy (non-hydrogen) atoms. The molecule has 16 heteroatoms. The van der Waals surface area contributed by atoms with Crippen LogP contribution in [0.3, 0.4) is 0 Å². The van der Waals surface area contributed by atoms with E-state index >= 15 is 0 Å². The van der Waals surface area contributed by atoms with E-state index in [1.165, 1.54) is 22.1 Å². The first-order valence-electron chi connectivity index (χ1n) is 12.8. The smallest absolute Gasteiger partial charge is 0.388 e. The lowest BCUT2D eigenvalue weighted by Gasteiger charge is -2.25. The number of nitrogens with zero attached hydrogens (tertiary/aromatic N) is 5. The highest BCUT2D eigenvalue weighted by atomic mass is 32.2. The molecule has 0 aromatic carbocycles. The molecule has 3 aromatic rings. The van der Waals surface area contributed by atoms with Gasteiger partial charge in [-0.1, -0.05) is 0 Å². The number of thiophene rings is 1. The molecule has 1 amide bonds. The van der Waals surface area contributed by atoms with Crippen molar-refractivity contribution in [3.05, 3.63) is 22.8 Å². The molecule has 0 bridgehead atoms. The molecule has 210 valence electrons. The van der Waals surface area contributed by atoms with Crippen LogP contribution in [0.4, 0.5) is 25.5 Å². The number of halogens is 2. The van der Waals surface area contributed by atoms with Gasteiger partial charge in [0, 0.05) is 36.5 Å². The molecule has 6 rings (SSSR count). The second kappa shape index (κ2) is 10.1. The van der Waals surface area contributed by atoms with E-state index in [1.807, 2.05) is 0 Å². The number of hydrogen-bond acceptors (Lipinski definition) is 9. The second-order valence-corrected chi connectivity index (χ2v) is 13.0. The maximum Gasteiger partial charge on any atom is 0.388 e. The number of ether oxygens (including phenoxy) is 1. The molecule has 0 unspecified atom stereocenters. The van der Waals surface area contributed by atoms with Crippen LogP contribution >= 0.6 is 11.3 Å². The van der Waals surface area contributed by atoms with Crippen LogP contribution in [-0.4, -0.2) is 52.0 Å². The highest BCUT2D eigenvalue weighted by Crippen LogP contribution is 2.45. The van der Waals surface area contributed by atoms with Crippen LogP contribution in [0.25, 0.3) is 0 Å². The van der Waals surface area contributed by atoms with Crippen LogP contribution in [0.15, 0.2) is 17.3 Å². The third kappa shape index (κ3) is 5.63. The Morgan fingerprint density at radius 2 is 2.05 bits per heavy atom. The van der Waals surface area contributed by atoms with E-state index in [0.717, 1.165) is 30.6 Å². The number of rotatable bonds is 11. The van der Waals surface area contributed by atoms with Crippen molar-refractivity contribution in [2.24, 2.45) is 18.9 Å². The maximum absolute atomic E-state index is 13.5. The number of nitrogens with one attached hydrogen (secondary N) is 3. The van der Waals surface area contributed by atoms with E-state index in [4.69, 9.17) is 0 Å². The summed E-state index contributed by atoms with van der Waals surface area (Å²) < 4.78 is 62.5. The van der Waals surface area contributed by atoms with Crippen molar-refractivity contribution in [3.63, 3.8) is 0 Å². The van der Waals surface area contributed by atoms with Crippen LogP contribution in [0.5, 0.6) is 5.88 Å². The topological polar surface area (TPSA) is 145 Å². The Labute approximate surface area is 227 Å². The summed E-state index contributed by atoms with van der Waals surface area (Å²) in [6.07, 6.45) is 6.89. The molecular formula is C23H28F2N8O4S2. The molecule has 0 aliphatic heterocycles. The monoisotopic (exact) mass is 582 g/mol. The van der Waals surface area contributed by atoms with Crippen LogP contribution in [-0.2, 0) is 34.7 Å². The number of aryl methyl sites for hydroxylation is 2. The molecule has 12 nitrogen and oxygen atoms in total. The van der Waals surface area contributed by atoms with Gasteiger partial charge in [-0.15, -0.1) is 26.6 Å². The fourth-order valence-electron chi connectivity index (χ4n) is 4.74. The quantitative estimate of drug-likeness (QED) is 0.313. The number of hydrogen-bond donors (Lipinski definition) is 3. The number of aromatic nitrogens is 5. The fourth-order valence-corrected chi connectivity index (χ4v) is 7.83. The minimum atomic E-state index is -3.86. The first-order valence-corrected chi connectivity index (χ1v) is 15.1. The summed E-state index contributed by atoms with van der Waals surface area (Å²) in [5.41, 5.74) is 0.693. The number of anilines is 3. The Morgan fingerprint density at radius 3 is 2.77 bits per heavy atom. The fraction of sp³-hybridized carbons (Fsp3) is 0.565. The van der Waals surface area contributed by atoms with E-state index in [-0.39, 0.29) is 28.6 Å². The summed E-state index contributed by atoms with van der Waals surface area (Å²) >= 11 is 1.33. The number of carbonyl (C=O) groups excluding carboxylic acids is 1. The van der Waals surface area contributed by atoms with Gasteiger partial charge in [-0.25, -0.2) is 17.8 Å². The van der Waals surface area contributed by atoms with Gasteiger partial charge in [-0.2, -0.15) is 8.78 Å². The number of carbonyl (C=O) groups is 1. The molecular weight excluding hydrogens is 554 g/mol. The largest absolute Gasteiger partial charge is 0.415 e. The first-order chi connectivity index (χ1) is 18.7. The molecule has 0 radical (unpaired) electrons. The Bertz CT molecular complexity index is 1490. The Hall–Kier alpha value is -3.11. The summed E-state index contributed by atoms with van der Waals surface area (Å²) in [6.45, 7) is -2.62. The molecule has 3 aliphatic rings. The van der Waals surface area contributed by atoms with Gasteiger partial charge in [0.05, 0.1) is 0 Å². The van der Waals surface area contributed by atoms with Gasteiger partial charge in [-0.05, 0) is 56.4 Å². The Kier molecular flexibility index (Phi) is 6.79. The Morgan fingerprint density at radius 1 is 1.26 bits per heavy atom. The predicted octanol–water partition coefficient (Wildman–Crippen LogP) is 3.18. The predicted molar refractivity (Wildman–Crippen MR) is 138 cm³/mol. The van der Waals surface area contributed by atoms with Crippen molar-refractivity contribution in [3.8, 4) is 5.88 Å². The first kappa shape index (κ1) is 26.1. The van der Waals surface area contributed by atoms with Gasteiger partial charge in [0.2, 0.25) is 27.8 Å². The average Bonchev–Trinajstić information content (AvgIpc) is 3.79. The third-order valence-electron chi connectivity index (χ3n) is 7.17. The zero-order valence-corrected chi connectivity index (χ0v) is 22.7. The third-order valence-corrected chi connectivity index (χ3v) is 10.0. The van der Waals surface area contributed by atoms with Gasteiger partial charge in [0.25, 0.3) is 0 Å². The number of alkyl halides is 2. The van der Waals surface area contributed by atoms with E-state index in [0.29, 0.717) is 54.1 Å². The molecule has 0 saturated heterocycles. The number of fused-ring (bicyclic) bond motifs is 1. The van der Waals surface area contributed by atoms with E-state index in [9.17, 15) is 22.0 Å². The van der Waals surface area contributed by atoms with Crippen molar-refractivity contribution in [1.82, 2.24) is 29.3 Å². The molecule has 3 N–H and O–H groups in total. The minimum absolute atomic E-state index is 0.0591. The molecule has 1 atom stereocenters. The van der Waals surface area contributed by atoms with Gasteiger partial charge in [0.15, 0.2) is 0 Å². The average molecular weight is 583 g/mol. The Balaban J connectivity index is 1.27. The lowest BCUT2D eigenvalue weighted by molar-refractivity contribution is -0.117. The zero-order chi connectivity index (χ0) is 27.3. The van der Waals surface area contributed by atoms with Crippen molar-refractivity contribution in [2.45, 2.75) is 62.5 Å². The summed E-state index contributed by atoms with van der Waals surface area (Å²) in [5.74, 6) is 0.636. The SMILES string of the molecule is Cn1nc(OC(F)F)cc1Nc1nncn1[C@H]1CCc2sc(NC(=O)C3CC3)c(S(=O)(=O)NCC3CC3)c2C1. The number of amides is 1. The summed E-state index contributed by atoms with van der Waals surface area (Å²) in [5, 5.41) is 18.4. The van der Waals surface area contributed by atoms with Crippen LogP contribution in [0.1, 0.15) is 48.6 Å². The van der Waals surface area contributed by atoms with Gasteiger partial charge < -0.3 is 15.4 Å². The highest BCUT2D eigenvalue weighted by molar-refractivity contribution is 7.90. The summed E-state index contributed by atoms with van der Waals surface area (Å²) in [6, 6.07) is 1.15. The van der Waals surface area contributed by atoms with Gasteiger partial charge >= 0.3 is 6.61 Å². The standard InChI is InChI=1S/C23H28F2N8O4S2/c1-32-17(9-18(31-32)37-22(24)25)28-23-30-26-11-33(23)14-6-7-16-15(8-14)19(39(35,36)27-10-12-2-3-12)21(38-16)29-20(34)13-4-5-13/h9,11-14,22,27H,2-8,10H2,1H3,(H,28,30)(H,29,34)/t14-/m0/s1. The van der Waals surface area contributed by atoms with Crippen molar-refractivity contribution < 1.29 is 26.7 Å². The number of sulfonamides is 1. The van der Waals surface area contributed by atoms with Crippen LogP contribution < -0.4 is 20.1 Å². The molecule has 3 aliphatic carbocycles. The molecule has 3 aromatic heterocycles. The van der Waals surface area contributed by atoms with Crippen molar-refractivity contribution in [2.75, 3.05) is 17.2 Å². The minimum Gasteiger partial charge on any atom is -0.415 e. The van der Waals surface area contributed by atoms with E-state index in [2.05, 4.69) is 35.4 Å². The summed E-state index contributed by atoms with van der Waals surface area (Å²) in [4.78, 5) is 13.7. The maximum atomic E-state index is 13.5. The molecule has 2 saturated carbocycles. The van der Waals surface area contributed by atoms with E-state index in [1.54, 1.807) is 17.9 Å². The summed E-state index contributed by atoms with van der Waals surface area (Å²) in [7, 11) is -2.28. The highest BCUT2D eigenvalue weighted by Gasteiger charge is 2.37. The molecule has 3 heterocycles. The molecule has 2 fully saturated rings. The van der Waals surface area contributed by atoms with Gasteiger partial charge in [-0.3, -0.25) is 9.36 Å². The zero-order valence-electron chi connectivity index (χ0n) is 21.1. The van der Waals surface area contributed by atoms with Crippen LogP contribution in [0.2, 0.25) is 0 Å². The second-order valence-electron chi connectivity index (χ2n) is 10.2. The lowest BCUT2D eigenvalue weighted by Crippen LogP contribution is -2.28. The van der Waals surface area contributed by atoms with Crippen molar-refractivity contribution >= 4 is 44.0 Å². The molecule has 0 spiro atoms. The van der Waals surface area contributed by atoms with Crippen LogP contribution in [0, 0.1) is 11.8 Å². The van der Waals surface area contributed by atoms with Gasteiger partial charge in [0.1, 0.15) is 22.0 Å². The van der Waals surface area contributed by atoms with Crippen molar-refractivity contribution in [1.29, 1.82) is 0 Å². The van der Waals surface area contributed by atoms with E-state index < -0.39 is 16.6 Å². The normalized spacial score (nSPS) is 19.2. The lowest BCUT2D eigenvalue weighted by atomic mass is 9.94.